The Morgan fingerprint density at radius 3 is 2.10 bits per heavy atom. The highest BCUT2D eigenvalue weighted by atomic mass is 16.2. The topological polar surface area (TPSA) is 55.9 Å². The van der Waals surface area contributed by atoms with Crippen LogP contribution >= 0.6 is 0 Å². The molecule has 0 radical (unpaired) electrons. The lowest BCUT2D eigenvalue weighted by molar-refractivity contribution is -0.144. The normalized spacial score (nSPS) is 17.2. The first-order valence-electron chi connectivity index (χ1n) is 10.8. The number of amides is 2. The Morgan fingerprint density at radius 1 is 0.867 bits per heavy atom. The van der Waals surface area contributed by atoms with Crippen molar-refractivity contribution in [1.82, 2.24) is 9.80 Å². The molecule has 0 atom stereocenters. The summed E-state index contributed by atoms with van der Waals surface area (Å²) in [6.45, 7) is 5.77. The van der Waals surface area contributed by atoms with Gasteiger partial charge >= 0.3 is 0 Å². The summed E-state index contributed by atoms with van der Waals surface area (Å²) in [6, 6.07) is 16.8. The third kappa shape index (κ3) is 4.93. The van der Waals surface area contributed by atoms with E-state index < -0.39 is 0 Å². The van der Waals surface area contributed by atoms with Gasteiger partial charge in [0.1, 0.15) is 0 Å². The second-order valence-corrected chi connectivity index (χ2v) is 8.17. The lowest BCUT2D eigenvalue weighted by Gasteiger charge is -2.33. The second-order valence-electron chi connectivity index (χ2n) is 8.17. The molecule has 2 aromatic carbocycles. The Kier molecular flexibility index (Phi) is 6.21. The van der Waals surface area contributed by atoms with E-state index in [2.05, 4.69) is 46.6 Å². The monoisotopic (exact) mass is 406 g/mol. The van der Waals surface area contributed by atoms with Crippen LogP contribution in [-0.2, 0) is 16.1 Å². The number of anilines is 3. The maximum atomic E-state index is 12.3. The van der Waals surface area contributed by atoms with Crippen LogP contribution in [0.15, 0.2) is 48.5 Å². The molecule has 0 aliphatic carbocycles. The minimum atomic E-state index is -0.0395. The van der Waals surface area contributed by atoms with Crippen molar-refractivity contribution in [2.24, 2.45) is 0 Å². The molecule has 2 fully saturated rings. The van der Waals surface area contributed by atoms with Crippen molar-refractivity contribution in [3.05, 3.63) is 54.1 Å². The number of rotatable bonds is 5. The number of piperazine rings is 1. The van der Waals surface area contributed by atoms with Gasteiger partial charge in [0.15, 0.2) is 0 Å². The first-order valence-corrected chi connectivity index (χ1v) is 10.8. The number of nitrogens with zero attached hydrogens (tertiary/aromatic N) is 3. The fraction of sp³-hybridized carbons (Fsp3) is 0.417. The van der Waals surface area contributed by atoms with E-state index in [1.54, 1.807) is 4.90 Å². The van der Waals surface area contributed by atoms with E-state index in [1.807, 2.05) is 17.0 Å². The fourth-order valence-corrected chi connectivity index (χ4v) is 4.13. The molecule has 0 saturated carbocycles. The molecule has 2 saturated heterocycles. The predicted octanol–water partition coefficient (Wildman–Crippen LogP) is 3.61. The van der Waals surface area contributed by atoms with E-state index in [9.17, 15) is 9.59 Å². The van der Waals surface area contributed by atoms with Gasteiger partial charge in [-0.25, -0.2) is 0 Å². The SMILES string of the molecule is CC(=O)N1CCN(Cc2ccc(Nc3ccc(N4CCCCC4)cc3)cc2)C(=O)C1. The van der Waals surface area contributed by atoms with Crippen molar-refractivity contribution in [2.45, 2.75) is 32.7 Å². The first-order chi connectivity index (χ1) is 14.6. The van der Waals surface area contributed by atoms with Gasteiger partial charge in [0, 0.05) is 56.7 Å². The molecular formula is C24H30N4O2. The standard InChI is InChI=1S/C24H30N4O2/c1-19(29)27-15-16-28(24(30)18-27)17-20-5-7-21(8-6-20)25-22-9-11-23(12-10-22)26-13-3-2-4-14-26/h5-12,25H,2-4,13-18H2,1H3. The van der Waals surface area contributed by atoms with Crippen LogP contribution in [0.25, 0.3) is 0 Å². The van der Waals surface area contributed by atoms with Crippen molar-refractivity contribution in [1.29, 1.82) is 0 Å². The number of carbonyl (C=O) groups is 2. The Labute approximate surface area is 178 Å². The van der Waals surface area contributed by atoms with Gasteiger partial charge in [-0.05, 0) is 61.2 Å². The van der Waals surface area contributed by atoms with Crippen LogP contribution in [0.4, 0.5) is 17.1 Å². The average Bonchev–Trinajstić information content (AvgIpc) is 2.77. The van der Waals surface area contributed by atoms with Crippen molar-refractivity contribution in [3.63, 3.8) is 0 Å². The van der Waals surface area contributed by atoms with Gasteiger partial charge in [0.2, 0.25) is 11.8 Å². The molecule has 6 nitrogen and oxygen atoms in total. The van der Waals surface area contributed by atoms with Crippen molar-refractivity contribution < 1.29 is 9.59 Å². The lowest BCUT2D eigenvalue weighted by atomic mass is 10.1. The van der Waals surface area contributed by atoms with Gasteiger partial charge in [0.05, 0.1) is 6.54 Å². The maximum Gasteiger partial charge on any atom is 0.242 e. The zero-order valence-electron chi connectivity index (χ0n) is 17.6. The lowest BCUT2D eigenvalue weighted by Crippen LogP contribution is -2.51. The minimum absolute atomic E-state index is 0.00690. The van der Waals surface area contributed by atoms with Gasteiger partial charge in [-0.15, -0.1) is 0 Å². The number of piperidine rings is 1. The maximum absolute atomic E-state index is 12.3. The molecule has 1 N–H and O–H groups in total. The predicted molar refractivity (Wildman–Crippen MR) is 120 cm³/mol. The number of carbonyl (C=O) groups excluding carboxylic acids is 2. The first kappa shape index (κ1) is 20.3. The zero-order valence-corrected chi connectivity index (χ0v) is 17.6. The summed E-state index contributed by atoms with van der Waals surface area (Å²) in [7, 11) is 0. The molecule has 0 aromatic heterocycles. The van der Waals surface area contributed by atoms with Crippen LogP contribution in [0.1, 0.15) is 31.7 Å². The number of nitrogens with one attached hydrogen (secondary N) is 1. The minimum Gasteiger partial charge on any atom is -0.372 e. The van der Waals surface area contributed by atoms with E-state index in [4.69, 9.17) is 0 Å². The van der Waals surface area contributed by atoms with Crippen molar-refractivity contribution >= 4 is 28.9 Å². The van der Waals surface area contributed by atoms with Crippen LogP contribution in [-0.4, -0.2) is 54.3 Å². The van der Waals surface area contributed by atoms with Crippen LogP contribution < -0.4 is 10.2 Å². The quantitative estimate of drug-likeness (QED) is 0.824. The summed E-state index contributed by atoms with van der Waals surface area (Å²) in [5, 5.41) is 3.45. The highest BCUT2D eigenvalue weighted by Crippen LogP contribution is 2.24. The highest BCUT2D eigenvalue weighted by Gasteiger charge is 2.25. The summed E-state index contributed by atoms with van der Waals surface area (Å²) in [4.78, 5) is 29.6. The average molecular weight is 407 g/mol. The van der Waals surface area contributed by atoms with Crippen LogP contribution in [0.2, 0.25) is 0 Å². The van der Waals surface area contributed by atoms with E-state index in [0.29, 0.717) is 19.6 Å². The zero-order chi connectivity index (χ0) is 20.9. The molecule has 158 valence electrons. The Bertz CT molecular complexity index is 873. The summed E-state index contributed by atoms with van der Waals surface area (Å²) in [5.74, 6) is -0.0326. The highest BCUT2D eigenvalue weighted by molar-refractivity contribution is 5.85. The molecule has 4 rings (SSSR count). The molecule has 0 spiro atoms. The van der Waals surface area contributed by atoms with E-state index in [-0.39, 0.29) is 18.4 Å². The molecule has 2 heterocycles. The Morgan fingerprint density at radius 2 is 1.50 bits per heavy atom. The summed E-state index contributed by atoms with van der Waals surface area (Å²) in [5.41, 5.74) is 4.48. The molecule has 2 aliphatic rings. The van der Waals surface area contributed by atoms with Crippen LogP contribution in [0.3, 0.4) is 0 Å². The summed E-state index contributed by atoms with van der Waals surface area (Å²) < 4.78 is 0. The Balaban J connectivity index is 1.31. The third-order valence-corrected chi connectivity index (χ3v) is 5.97. The van der Waals surface area contributed by atoms with Gasteiger partial charge in [0.25, 0.3) is 0 Å². The number of benzene rings is 2. The molecular weight excluding hydrogens is 376 g/mol. The van der Waals surface area contributed by atoms with Crippen LogP contribution in [0, 0.1) is 0 Å². The Hall–Kier alpha value is -3.02. The molecule has 0 bridgehead atoms. The van der Waals surface area contributed by atoms with Gasteiger partial charge in [-0.1, -0.05) is 12.1 Å². The third-order valence-electron chi connectivity index (χ3n) is 5.97. The van der Waals surface area contributed by atoms with E-state index >= 15 is 0 Å². The van der Waals surface area contributed by atoms with Crippen molar-refractivity contribution in [3.8, 4) is 0 Å². The molecule has 30 heavy (non-hydrogen) atoms. The van der Waals surface area contributed by atoms with Gasteiger partial charge in [-0.3, -0.25) is 9.59 Å². The van der Waals surface area contributed by atoms with Gasteiger partial charge in [-0.2, -0.15) is 0 Å². The van der Waals surface area contributed by atoms with Crippen LogP contribution in [0.5, 0.6) is 0 Å². The summed E-state index contributed by atoms with van der Waals surface area (Å²) >= 11 is 0. The largest absolute Gasteiger partial charge is 0.372 e. The second kappa shape index (κ2) is 9.20. The molecule has 2 aromatic rings. The molecule has 2 aliphatic heterocycles. The molecule has 0 unspecified atom stereocenters. The molecule has 2 amide bonds. The number of hydrogen-bond acceptors (Lipinski definition) is 4. The van der Waals surface area contributed by atoms with Gasteiger partial charge < -0.3 is 20.0 Å². The van der Waals surface area contributed by atoms with E-state index in [0.717, 1.165) is 30.0 Å². The fourth-order valence-electron chi connectivity index (χ4n) is 4.13. The number of hydrogen-bond donors (Lipinski definition) is 1. The molecule has 6 heteroatoms. The van der Waals surface area contributed by atoms with E-state index in [1.165, 1.54) is 31.9 Å². The smallest absolute Gasteiger partial charge is 0.242 e. The summed E-state index contributed by atoms with van der Waals surface area (Å²) in [6.07, 6.45) is 3.91. The van der Waals surface area contributed by atoms with Crippen molar-refractivity contribution in [2.75, 3.05) is 42.9 Å².